The lowest BCUT2D eigenvalue weighted by Gasteiger charge is -2.14. The highest BCUT2D eigenvalue weighted by atomic mass is 16.5. The molecule has 0 amide bonds. The van der Waals surface area contributed by atoms with Crippen molar-refractivity contribution in [3.05, 3.63) is 60.0 Å². The molecule has 0 fully saturated rings. The number of hydrogen-bond donors (Lipinski definition) is 2. The SMILES string of the molecule is COc1cc(CNCc2ncc(-c3ccccc3)[nH]2)cc(OC)c1OC. The van der Waals surface area contributed by atoms with E-state index in [0.29, 0.717) is 30.3 Å². The molecule has 0 unspecified atom stereocenters. The van der Waals surface area contributed by atoms with Crippen LogP contribution in [0, 0.1) is 0 Å². The van der Waals surface area contributed by atoms with Crippen LogP contribution in [-0.4, -0.2) is 31.3 Å². The number of ether oxygens (including phenoxy) is 3. The maximum atomic E-state index is 5.39. The molecule has 0 aliphatic heterocycles. The normalized spacial score (nSPS) is 10.6. The van der Waals surface area contributed by atoms with Crippen LogP contribution in [0.5, 0.6) is 17.2 Å². The molecule has 1 aromatic heterocycles. The van der Waals surface area contributed by atoms with Crippen molar-refractivity contribution in [3.8, 4) is 28.5 Å². The molecule has 0 saturated carbocycles. The molecule has 0 atom stereocenters. The first-order chi connectivity index (χ1) is 12.7. The minimum absolute atomic E-state index is 0.595. The third kappa shape index (κ3) is 3.97. The van der Waals surface area contributed by atoms with Crippen molar-refractivity contribution in [1.29, 1.82) is 0 Å². The minimum Gasteiger partial charge on any atom is -0.493 e. The minimum atomic E-state index is 0.595. The molecule has 1 heterocycles. The summed E-state index contributed by atoms with van der Waals surface area (Å²) in [6.45, 7) is 1.28. The van der Waals surface area contributed by atoms with E-state index in [1.54, 1.807) is 21.3 Å². The van der Waals surface area contributed by atoms with Gasteiger partial charge in [-0.25, -0.2) is 4.98 Å². The van der Waals surface area contributed by atoms with E-state index in [2.05, 4.69) is 27.4 Å². The molecule has 3 aromatic rings. The number of aromatic amines is 1. The Labute approximate surface area is 153 Å². The second-order valence-corrected chi connectivity index (χ2v) is 5.75. The standard InChI is InChI=1S/C20H23N3O3/c1-24-17-9-14(10-18(25-2)20(17)26-3)11-21-13-19-22-12-16(23-19)15-7-5-4-6-8-15/h4-10,12,21H,11,13H2,1-3H3,(H,22,23). The predicted octanol–water partition coefficient (Wildman–Crippen LogP) is 3.39. The van der Waals surface area contributed by atoms with Crippen molar-refractivity contribution in [1.82, 2.24) is 15.3 Å². The summed E-state index contributed by atoms with van der Waals surface area (Å²) in [5, 5.41) is 3.38. The van der Waals surface area contributed by atoms with Crippen molar-refractivity contribution >= 4 is 0 Å². The Morgan fingerprint density at radius 1 is 0.923 bits per heavy atom. The maximum Gasteiger partial charge on any atom is 0.203 e. The van der Waals surface area contributed by atoms with Gasteiger partial charge in [0.15, 0.2) is 11.5 Å². The second kappa shape index (κ2) is 8.40. The van der Waals surface area contributed by atoms with E-state index >= 15 is 0 Å². The molecule has 0 bridgehead atoms. The third-order valence-corrected chi connectivity index (χ3v) is 4.06. The van der Waals surface area contributed by atoms with Crippen LogP contribution in [0.15, 0.2) is 48.7 Å². The molecule has 0 aliphatic carbocycles. The summed E-state index contributed by atoms with van der Waals surface area (Å²) in [6, 6.07) is 14.0. The van der Waals surface area contributed by atoms with E-state index in [-0.39, 0.29) is 0 Å². The maximum absolute atomic E-state index is 5.39. The topological polar surface area (TPSA) is 68.4 Å². The van der Waals surface area contributed by atoms with Gasteiger partial charge in [0.05, 0.1) is 39.8 Å². The van der Waals surface area contributed by atoms with Crippen LogP contribution < -0.4 is 19.5 Å². The summed E-state index contributed by atoms with van der Waals surface area (Å²) in [7, 11) is 4.82. The summed E-state index contributed by atoms with van der Waals surface area (Å²) < 4.78 is 16.1. The Morgan fingerprint density at radius 2 is 1.62 bits per heavy atom. The third-order valence-electron chi connectivity index (χ3n) is 4.06. The molecule has 2 aromatic carbocycles. The van der Waals surface area contributed by atoms with Gasteiger partial charge in [-0.05, 0) is 23.3 Å². The van der Waals surface area contributed by atoms with Crippen molar-refractivity contribution < 1.29 is 14.2 Å². The number of nitrogens with zero attached hydrogens (tertiary/aromatic N) is 1. The second-order valence-electron chi connectivity index (χ2n) is 5.75. The van der Waals surface area contributed by atoms with E-state index < -0.39 is 0 Å². The Kier molecular flexibility index (Phi) is 5.76. The number of imidazole rings is 1. The van der Waals surface area contributed by atoms with E-state index in [0.717, 1.165) is 22.6 Å². The smallest absolute Gasteiger partial charge is 0.203 e. The molecule has 6 nitrogen and oxygen atoms in total. The van der Waals surface area contributed by atoms with Gasteiger partial charge in [-0.3, -0.25) is 0 Å². The fourth-order valence-electron chi connectivity index (χ4n) is 2.78. The molecular weight excluding hydrogens is 330 g/mol. The lowest BCUT2D eigenvalue weighted by Crippen LogP contribution is -2.14. The highest BCUT2D eigenvalue weighted by molar-refractivity contribution is 5.58. The quantitative estimate of drug-likeness (QED) is 0.650. The molecule has 3 rings (SSSR count). The highest BCUT2D eigenvalue weighted by Gasteiger charge is 2.13. The van der Waals surface area contributed by atoms with Crippen molar-refractivity contribution in [2.24, 2.45) is 0 Å². The lowest BCUT2D eigenvalue weighted by atomic mass is 10.1. The van der Waals surface area contributed by atoms with Gasteiger partial charge in [0.1, 0.15) is 5.82 Å². The zero-order chi connectivity index (χ0) is 18.4. The molecule has 0 spiro atoms. The van der Waals surface area contributed by atoms with Crippen LogP contribution in [0.1, 0.15) is 11.4 Å². The van der Waals surface area contributed by atoms with Gasteiger partial charge < -0.3 is 24.5 Å². The number of aromatic nitrogens is 2. The molecule has 6 heteroatoms. The number of H-pyrrole nitrogens is 1. The van der Waals surface area contributed by atoms with Crippen LogP contribution in [0.2, 0.25) is 0 Å². The first-order valence-corrected chi connectivity index (χ1v) is 8.34. The van der Waals surface area contributed by atoms with E-state index in [1.807, 2.05) is 36.5 Å². The van der Waals surface area contributed by atoms with E-state index in [4.69, 9.17) is 14.2 Å². The molecule has 26 heavy (non-hydrogen) atoms. The first kappa shape index (κ1) is 17.8. The number of rotatable bonds is 8. The molecule has 0 radical (unpaired) electrons. The van der Waals surface area contributed by atoms with Crippen molar-refractivity contribution in [2.75, 3.05) is 21.3 Å². The molecule has 136 valence electrons. The molecule has 2 N–H and O–H groups in total. The van der Waals surface area contributed by atoms with E-state index in [1.165, 1.54) is 0 Å². The van der Waals surface area contributed by atoms with Crippen LogP contribution in [0.25, 0.3) is 11.3 Å². The van der Waals surface area contributed by atoms with Crippen molar-refractivity contribution in [3.63, 3.8) is 0 Å². The molecular formula is C20H23N3O3. The zero-order valence-electron chi connectivity index (χ0n) is 15.2. The van der Waals surface area contributed by atoms with Gasteiger partial charge >= 0.3 is 0 Å². The van der Waals surface area contributed by atoms with Gasteiger partial charge in [0, 0.05) is 6.54 Å². The van der Waals surface area contributed by atoms with Gasteiger partial charge in [-0.15, -0.1) is 0 Å². The van der Waals surface area contributed by atoms with Gasteiger partial charge in [-0.1, -0.05) is 30.3 Å². The fraction of sp³-hybridized carbons (Fsp3) is 0.250. The predicted molar refractivity (Wildman–Crippen MR) is 101 cm³/mol. The van der Waals surface area contributed by atoms with E-state index in [9.17, 15) is 0 Å². The first-order valence-electron chi connectivity index (χ1n) is 8.34. The summed E-state index contributed by atoms with van der Waals surface area (Å²) >= 11 is 0. The zero-order valence-corrected chi connectivity index (χ0v) is 15.2. The Balaban J connectivity index is 1.64. The largest absolute Gasteiger partial charge is 0.493 e. The summed E-state index contributed by atoms with van der Waals surface area (Å²) in [5.41, 5.74) is 3.17. The van der Waals surface area contributed by atoms with Gasteiger partial charge in [0.2, 0.25) is 5.75 Å². The van der Waals surface area contributed by atoms with Crippen LogP contribution >= 0.6 is 0 Å². The Morgan fingerprint density at radius 3 is 2.23 bits per heavy atom. The average Bonchev–Trinajstić information content (AvgIpc) is 3.16. The fourth-order valence-corrected chi connectivity index (χ4v) is 2.78. The molecule has 0 aliphatic rings. The number of nitrogens with one attached hydrogen (secondary N) is 2. The summed E-state index contributed by atoms with van der Waals surface area (Å²) in [5.74, 6) is 2.77. The van der Waals surface area contributed by atoms with Crippen LogP contribution in [0.3, 0.4) is 0 Å². The summed E-state index contributed by atoms with van der Waals surface area (Å²) in [4.78, 5) is 7.77. The average molecular weight is 353 g/mol. The van der Waals surface area contributed by atoms with Crippen LogP contribution in [-0.2, 0) is 13.1 Å². The highest BCUT2D eigenvalue weighted by Crippen LogP contribution is 2.38. The van der Waals surface area contributed by atoms with Gasteiger partial charge in [0.25, 0.3) is 0 Å². The number of benzene rings is 2. The van der Waals surface area contributed by atoms with Crippen LogP contribution in [0.4, 0.5) is 0 Å². The van der Waals surface area contributed by atoms with Gasteiger partial charge in [-0.2, -0.15) is 0 Å². The Bertz CT molecular complexity index is 822. The number of hydrogen-bond acceptors (Lipinski definition) is 5. The summed E-state index contributed by atoms with van der Waals surface area (Å²) in [6.07, 6.45) is 1.85. The Hall–Kier alpha value is -2.99. The lowest BCUT2D eigenvalue weighted by molar-refractivity contribution is 0.323. The van der Waals surface area contributed by atoms with Crippen molar-refractivity contribution in [2.45, 2.75) is 13.1 Å². The monoisotopic (exact) mass is 353 g/mol. The molecule has 0 saturated heterocycles. The number of methoxy groups -OCH3 is 3.